The van der Waals surface area contributed by atoms with Gasteiger partial charge in [-0.1, -0.05) is 6.92 Å². The highest BCUT2D eigenvalue weighted by Crippen LogP contribution is 2.15. The van der Waals surface area contributed by atoms with Gasteiger partial charge in [0, 0.05) is 31.5 Å². The molecule has 7 nitrogen and oxygen atoms in total. The Hall–Kier alpha value is -2.15. The average Bonchev–Trinajstić information content (AvgIpc) is 3.00. The first-order valence-electron chi connectivity index (χ1n) is 8.83. The zero-order valence-corrected chi connectivity index (χ0v) is 15.1. The maximum Gasteiger partial charge on any atom is 0.341 e. The van der Waals surface area contributed by atoms with Crippen molar-refractivity contribution in [2.75, 3.05) is 26.2 Å². The molecule has 1 saturated heterocycles. The lowest BCUT2D eigenvalue weighted by Gasteiger charge is -2.16. The summed E-state index contributed by atoms with van der Waals surface area (Å²) < 4.78 is 1.58. The van der Waals surface area contributed by atoms with E-state index < -0.39 is 17.3 Å². The van der Waals surface area contributed by atoms with E-state index in [9.17, 15) is 19.5 Å². The summed E-state index contributed by atoms with van der Waals surface area (Å²) in [5.41, 5.74) is -1.23. The smallest absolute Gasteiger partial charge is 0.341 e. The first-order chi connectivity index (χ1) is 11.8. The highest BCUT2D eigenvalue weighted by Gasteiger charge is 2.24. The van der Waals surface area contributed by atoms with Gasteiger partial charge >= 0.3 is 5.97 Å². The molecule has 1 amide bonds. The average molecular weight is 349 g/mol. The summed E-state index contributed by atoms with van der Waals surface area (Å²) in [4.78, 5) is 38.4. The fourth-order valence-electron chi connectivity index (χ4n) is 3.14. The number of rotatable bonds is 7. The quantitative estimate of drug-likeness (QED) is 0.780. The molecule has 0 aliphatic carbocycles. The SMILES string of the molecule is CCCN1CCC(CNC(=O)c2cn(C(C)C)cc(C(=O)O)c2=O)C1. The van der Waals surface area contributed by atoms with Crippen molar-refractivity contribution in [3.05, 3.63) is 33.7 Å². The number of amides is 1. The first kappa shape index (κ1) is 19.2. The number of carbonyl (C=O) groups is 2. The van der Waals surface area contributed by atoms with Crippen LogP contribution in [-0.4, -0.2) is 52.6 Å². The maximum absolute atomic E-state index is 12.4. The molecule has 2 N–H and O–H groups in total. The molecule has 138 valence electrons. The number of carbonyl (C=O) groups excluding carboxylic acids is 1. The number of carboxylic acids is 1. The van der Waals surface area contributed by atoms with E-state index in [4.69, 9.17) is 0 Å². The Kier molecular flexibility index (Phi) is 6.36. The molecule has 1 atom stereocenters. The molecule has 1 aliphatic rings. The highest BCUT2D eigenvalue weighted by molar-refractivity contribution is 5.96. The maximum atomic E-state index is 12.4. The Bertz CT molecular complexity index is 696. The van der Waals surface area contributed by atoms with Gasteiger partial charge in [0.25, 0.3) is 5.91 Å². The second-order valence-corrected chi connectivity index (χ2v) is 6.93. The molecule has 1 aliphatic heterocycles. The van der Waals surface area contributed by atoms with Crippen molar-refractivity contribution in [2.24, 2.45) is 5.92 Å². The Balaban J connectivity index is 2.11. The van der Waals surface area contributed by atoms with Gasteiger partial charge in [-0.2, -0.15) is 0 Å². The van der Waals surface area contributed by atoms with Crippen molar-refractivity contribution in [1.82, 2.24) is 14.8 Å². The van der Waals surface area contributed by atoms with Gasteiger partial charge in [-0.3, -0.25) is 9.59 Å². The van der Waals surface area contributed by atoms with Gasteiger partial charge in [-0.05, 0) is 45.7 Å². The number of nitrogens with one attached hydrogen (secondary N) is 1. The fraction of sp³-hybridized carbons (Fsp3) is 0.611. The van der Waals surface area contributed by atoms with E-state index in [0.717, 1.165) is 32.5 Å². The molecule has 1 aromatic heterocycles. The topological polar surface area (TPSA) is 91.6 Å². The van der Waals surface area contributed by atoms with Crippen molar-refractivity contribution in [3.8, 4) is 0 Å². The Morgan fingerprint density at radius 3 is 2.60 bits per heavy atom. The summed E-state index contributed by atoms with van der Waals surface area (Å²) in [5, 5.41) is 12.0. The highest BCUT2D eigenvalue weighted by atomic mass is 16.4. The predicted molar refractivity (Wildman–Crippen MR) is 95.2 cm³/mol. The van der Waals surface area contributed by atoms with Crippen molar-refractivity contribution >= 4 is 11.9 Å². The monoisotopic (exact) mass is 349 g/mol. The number of aromatic carboxylic acids is 1. The van der Waals surface area contributed by atoms with Gasteiger partial charge in [-0.25, -0.2) is 4.79 Å². The van der Waals surface area contributed by atoms with Gasteiger partial charge in [0.15, 0.2) is 0 Å². The van der Waals surface area contributed by atoms with Crippen molar-refractivity contribution in [3.63, 3.8) is 0 Å². The molecule has 2 heterocycles. The van der Waals surface area contributed by atoms with Crippen LogP contribution in [0.1, 0.15) is 60.4 Å². The number of nitrogens with zero attached hydrogens (tertiary/aromatic N) is 2. The van der Waals surface area contributed by atoms with Crippen LogP contribution in [0.4, 0.5) is 0 Å². The molecule has 0 radical (unpaired) electrons. The van der Waals surface area contributed by atoms with Crippen LogP contribution in [0.5, 0.6) is 0 Å². The minimum atomic E-state index is -1.32. The van der Waals surface area contributed by atoms with Gasteiger partial charge < -0.3 is 19.9 Å². The van der Waals surface area contributed by atoms with Crippen molar-refractivity contribution in [2.45, 2.75) is 39.7 Å². The molecule has 2 rings (SSSR count). The van der Waals surface area contributed by atoms with E-state index in [-0.39, 0.29) is 17.2 Å². The van der Waals surface area contributed by atoms with Crippen LogP contribution in [0.2, 0.25) is 0 Å². The number of hydrogen-bond donors (Lipinski definition) is 2. The van der Waals surface area contributed by atoms with E-state index in [1.165, 1.54) is 12.4 Å². The Morgan fingerprint density at radius 2 is 2.00 bits per heavy atom. The Labute approximate surface area is 147 Å². The summed E-state index contributed by atoms with van der Waals surface area (Å²) in [6.45, 7) is 9.39. The summed E-state index contributed by atoms with van der Waals surface area (Å²) >= 11 is 0. The molecule has 1 unspecified atom stereocenters. The van der Waals surface area contributed by atoms with Crippen LogP contribution in [0.25, 0.3) is 0 Å². The summed E-state index contributed by atoms with van der Waals surface area (Å²) in [6, 6.07) is -0.0531. The molecule has 25 heavy (non-hydrogen) atoms. The van der Waals surface area contributed by atoms with Crippen molar-refractivity contribution < 1.29 is 14.7 Å². The van der Waals surface area contributed by atoms with Crippen LogP contribution in [0, 0.1) is 5.92 Å². The standard InChI is InChI=1S/C18H27N3O4/c1-4-6-20-7-5-13(9-20)8-19-17(23)14-10-21(12(2)3)11-15(16(14)22)18(24)25/h10-13H,4-9H2,1-3H3,(H,19,23)(H,24,25). The third-order valence-corrected chi connectivity index (χ3v) is 4.58. The molecular formula is C18H27N3O4. The zero-order valence-electron chi connectivity index (χ0n) is 15.1. The number of hydrogen-bond acceptors (Lipinski definition) is 4. The van der Waals surface area contributed by atoms with Gasteiger partial charge in [0.05, 0.1) is 0 Å². The van der Waals surface area contributed by atoms with E-state index >= 15 is 0 Å². The molecule has 7 heteroatoms. The molecule has 0 aromatic carbocycles. The second-order valence-electron chi connectivity index (χ2n) is 6.93. The van der Waals surface area contributed by atoms with Crippen LogP contribution in [-0.2, 0) is 0 Å². The first-order valence-corrected chi connectivity index (χ1v) is 8.83. The van der Waals surface area contributed by atoms with E-state index in [2.05, 4.69) is 17.1 Å². The number of aromatic nitrogens is 1. The predicted octanol–water partition coefficient (Wildman–Crippen LogP) is 1.59. The van der Waals surface area contributed by atoms with Crippen LogP contribution in [0.3, 0.4) is 0 Å². The van der Waals surface area contributed by atoms with Crippen LogP contribution < -0.4 is 10.7 Å². The van der Waals surface area contributed by atoms with Gasteiger partial charge in [0.2, 0.25) is 5.43 Å². The van der Waals surface area contributed by atoms with E-state index in [1.807, 2.05) is 13.8 Å². The van der Waals surface area contributed by atoms with Crippen LogP contribution in [0.15, 0.2) is 17.2 Å². The number of likely N-dealkylation sites (tertiary alicyclic amines) is 1. The van der Waals surface area contributed by atoms with E-state index in [0.29, 0.717) is 12.5 Å². The Morgan fingerprint density at radius 1 is 1.32 bits per heavy atom. The normalized spacial score (nSPS) is 17.8. The lowest BCUT2D eigenvalue weighted by atomic mass is 10.1. The summed E-state index contributed by atoms with van der Waals surface area (Å²) in [6.07, 6.45) is 4.85. The van der Waals surface area contributed by atoms with Crippen LogP contribution >= 0.6 is 0 Å². The molecular weight excluding hydrogens is 322 g/mol. The summed E-state index contributed by atoms with van der Waals surface area (Å²) in [5.74, 6) is -1.46. The molecule has 0 saturated carbocycles. The fourth-order valence-corrected chi connectivity index (χ4v) is 3.14. The largest absolute Gasteiger partial charge is 0.477 e. The minimum absolute atomic E-state index is 0.0531. The lowest BCUT2D eigenvalue weighted by molar-refractivity contribution is 0.0694. The van der Waals surface area contributed by atoms with Gasteiger partial charge in [-0.15, -0.1) is 0 Å². The number of pyridine rings is 1. The summed E-state index contributed by atoms with van der Waals surface area (Å²) in [7, 11) is 0. The molecule has 1 fully saturated rings. The lowest BCUT2D eigenvalue weighted by Crippen LogP contribution is -2.35. The molecule has 0 spiro atoms. The minimum Gasteiger partial charge on any atom is -0.477 e. The zero-order chi connectivity index (χ0) is 18.6. The third-order valence-electron chi connectivity index (χ3n) is 4.58. The third kappa shape index (κ3) is 4.69. The van der Waals surface area contributed by atoms with E-state index in [1.54, 1.807) is 4.57 Å². The second kappa shape index (κ2) is 8.29. The molecule has 1 aromatic rings. The number of carboxylic acid groups (broad SMARTS) is 1. The van der Waals surface area contributed by atoms with Crippen molar-refractivity contribution in [1.29, 1.82) is 0 Å². The van der Waals surface area contributed by atoms with Gasteiger partial charge in [0.1, 0.15) is 11.1 Å². The molecule has 0 bridgehead atoms.